The van der Waals surface area contributed by atoms with Crippen molar-refractivity contribution in [1.82, 2.24) is 24.3 Å². The smallest absolute Gasteiger partial charge is 0.372 e. The summed E-state index contributed by atoms with van der Waals surface area (Å²) in [6, 6.07) is 0.0237. The van der Waals surface area contributed by atoms with Crippen molar-refractivity contribution in [3.63, 3.8) is 0 Å². The summed E-state index contributed by atoms with van der Waals surface area (Å²) in [5.41, 5.74) is 0. The van der Waals surface area contributed by atoms with E-state index >= 15 is 0 Å². The molecule has 0 saturated carbocycles. The topological polar surface area (TPSA) is 74.8 Å². The first-order chi connectivity index (χ1) is 7.16. The molecule has 0 aliphatic rings. The van der Waals surface area contributed by atoms with E-state index in [9.17, 15) is 4.79 Å². The number of hydrogen-bond acceptors (Lipinski definition) is 5. The molecule has 0 bridgehead atoms. The lowest BCUT2D eigenvalue weighted by molar-refractivity contribution is 0.197. The quantitative estimate of drug-likeness (QED) is 0.675. The van der Waals surface area contributed by atoms with Crippen LogP contribution in [-0.2, 0) is 7.05 Å². The molecule has 7 nitrogen and oxygen atoms in total. The lowest BCUT2D eigenvalue weighted by Gasteiger charge is -2.00. The van der Waals surface area contributed by atoms with Crippen LogP contribution in [-0.4, -0.2) is 30.4 Å². The van der Waals surface area contributed by atoms with Crippen LogP contribution >= 0.6 is 0 Å². The molecule has 7 heteroatoms. The Morgan fingerprint density at radius 3 is 2.80 bits per heavy atom. The SMILES string of the molecule is Cc1nccn1C(=O)Oc1ncn(C)n1. The maximum atomic E-state index is 11.5. The summed E-state index contributed by atoms with van der Waals surface area (Å²) in [4.78, 5) is 19.2. The molecule has 2 aromatic rings. The molecule has 0 fully saturated rings. The van der Waals surface area contributed by atoms with Gasteiger partial charge in [0.1, 0.15) is 12.2 Å². The second kappa shape index (κ2) is 3.52. The van der Waals surface area contributed by atoms with Crippen molar-refractivity contribution in [3.05, 3.63) is 24.5 Å². The lowest BCUT2D eigenvalue weighted by Crippen LogP contribution is -2.18. The summed E-state index contributed by atoms with van der Waals surface area (Å²) in [5, 5.41) is 3.82. The van der Waals surface area contributed by atoms with Gasteiger partial charge in [-0.3, -0.25) is 4.68 Å². The summed E-state index contributed by atoms with van der Waals surface area (Å²) < 4.78 is 7.62. The van der Waals surface area contributed by atoms with Crippen molar-refractivity contribution >= 4 is 6.09 Å². The van der Waals surface area contributed by atoms with Gasteiger partial charge in [-0.05, 0) is 6.92 Å². The van der Waals surface area contributed by atoms with Gasteiger partial charge in [-0.1, -0.05) is 0 Å². The Bertz CT molecular complexity index is 487. The Hall–Kier alpha value is -2.18. The van der Waals surface area contributed by atoms with Crippen LogP contribution in [0.4, 0.5) is 4.79 Å². The van der Waals surface area contributed by atoms with Gasteiger partial charge in [0.15, 0.2) is 0 Å². The highest BCUT2D eigenvalue weighted by Gasteiger charge is 2.12. The first-order valence-corrected chi connectivity index (χ1v) is 4.24. The van der Waals surface area contributed by atoms with Crippen molar-refractivity contribution < 1.29 is 9.53 Å². The third kappa shape index (κ3) is 1.85. The van der Waals surface area contributed by atoms with E-state index in [-0.39, 0.29) is 6.01 Å². The molecular formula is C8H9N5O2. The van der Waals surface area contributed by atoms with Crippen LogP contribution in [0.15, 0.2) is 18.7 Å². The third-order valence-corrected chi connectivity index (χ3v) is 1.78. The molecule has 0 radical (unpaired) electrons. The summed E-state index contributed by atoms with van der Waals surface area (Å²) in [6.45, 7) is 1.70. The number of imidazole rings is 1. The lowest BCUT2D eigenvalue weighted by atomic mass is 10.7. The fourth-order valence-corrected chi connectivity index (χ4v) is 1.06. The van der Waals surface area contributed by atoms with Crippen molar-refractivity contribution in [1.29, 1.82) is 0 Å². The highest BCUT2D eigenvalue weighted by molar-refractivity contribution is 5.72. The second-order valence-electron chi connectivity index (χ2n) is 2.91. The zero-order valence-electron chi connectivity index (χ0n) is 8.28. The van der Waals surface area contributed by atoms with E-state index in [0.717, 1.165) is 0 Å². The molecule has 78 valence electrons. The first kappa shape index (κ1) is 9.38. The Morgan fingerprint density at radius 2 is 2.27 bits per heavy atom. The highest BCUT2D eigenvalue weighted by Crippen LogP contribution is 2.02. The van der Waals surface area contributed by atoms with Gasteiger partial charge in [0.2, 0.25) is 0 Å². The predicted molar refractivity (Wildman–Crippen MR) is 49.4 cm³/mol. The van der Waals surface area contributed by atoms with Crippen molar-refractivity contribution in [2.75, 3.05) is 0 Å². The molecule has 0 N–H and O–H groups in total. The van der Waals surface area contributed by atoms with Crippen LogP contribution in [0.25, 0.3) is 0 Å². The van der Waals surface area contributed by atoms with E-state index in [2.05, 4.69) is 15.1 Å². The predicted octanol–water partition coefficient (Wildman–Crippen LogP) is 0.367. The molecule has 0 amide bonds. The molecule has 2 heterocycles. The number of rotatable bonds is 1. The van der Waals surface area contributed by atoms with E-state index in [4.69, 9.17) is 4.74 Å². The van der Waals surface area contributed by atoms with Crippen LogP contribution in [0.5, 0.6) is 6.01 Å². The van der Waals surface area contributed by atoms with Gasteiger partial charge in [-0.15, -0.1) is 5.10 Å². The Labute approximate surface area is 85.3 Å². The fourth-order valence-electron chi connectivity index (χ4n) is 1.06. The first-order valence-electron chi connectivity index (χ1n) is 4.24. The molecule has 0 spiro atoms. The second-order valence-corrected chi connectivity index (χ2v) is 2.91. The largest absolute Gasteiger partial charge is 0.427 e. The Kier molecular flexibility index (Phi) is 2.20. The minimum atomic E-state index is -0.573. The minimum absolute atomic E-state index is 0.0237. The molecule has 2 rings (SSSR count). The van der Waals surface area contributed by atoms with Crippen LogP contribution in [0.2, 0.25) is 0 Å². The van der Waals surface area contributed by atoms with E-state index in [1.807, 2.05) is 0 Å². The van der Waals surface area contributed by atoms with Gasteiger partial charge >= 0.3 is 12.1 Å². The maximum Gasteiger partial charge on any atom is 0.427 e. The summed E-state index contributed by atoms with van der Waals surface area (Å²) in [6.07, 6.45) is 3.91. The van der Waals surface area contributed by atoms with Gasteiger partial charge in [-0.2, -0.15) is 4.98 Å². The van der Waals surface area contributed by atoms with E-state index in [0.29, 0.717) is 5.82 Å². The summed E-state index contributed by atoms with van der Waals surface area (Å²) >= 11 is 0. The zero-order valence-corrected chi connectivity index (χ0v) is 8.28. The van der Waals surface area contributed by atoms with E-state index < -0.39 is 6.09 Å². The fraction of sp³-hybridized carbons (Fsp3) is 0.250. The molecule has 0 aliphatic heterocycles. The minimum Gasteiger partial charge on any atom is -0.372 e. The van der Waals surface area contributed by atoms with Crippen molar-refractivity contribution in [2.45, 2.75) is 6.92 Å². The Morgan fingerprint density at radius 1 is 1.47 bits per heavy atom. The number of ether oxygens (including phenoxy) is 1. The summed E-state index contributed by atoms with van der Waals surface area (Å²) in [5.74, 6) is 0.552. The van der Waals surface area contributed by atoms with Gasteiger partial charge < -0.3 is 4.74 Å². The maximum absolute atomic E-state index is 11.5. The molecule has 0 unspecified atom stereocenters. The zero-order chi connectivity index (χ0) is 10.8. The van der Waals surface area contributed by atoms with Crippen molar-refractivity contribution in [2.24, 2.45) is 7.05 Å². The molecule has 0 aliphatic carbocycles. The normalized spacial score (nSPS) is 10.3. The van der Waals surface area contributed by atoms with Gasteiger partial charge in [0.05, 0.1) is 0 Å². The van der Waals surface area contributed by atoms with Crippen LogP contribution in [0.3, 0.4) is 0 Å². The van der Waals surface area contributed by atoms with Crippen molar-refractivity contribution in [3.8, 4) is 6.01 Å². The molecule has 0 atom stereocenters. The van der Waals surface area contributed by atoms with Crippen LogP contribution in [0, 0.1) is 6.92 Å². The molecule has 15 heavy (non-hydrogen) atoms. The van der Waals surface area contributed by atoms with Crippen LogP contribution in [0.1, 0.15) is 5.82 Å². The van der Waals surface area contributed by atoms with Gasteiger partial charge in [0, 0.05) is 19.4 Å². The number of hydrogen-bond donors (Lipinski definition) is 0. The number of carbonyl (C=O) groups excluding carboxylic acids is 1. The summed E-state index contributed by atoms with van der Waals surface area (Å²) in [7, 11) is 1.69. The molecule has 2 aromatic heterocycles. The average molecular weight is 207 g/mol. The molecule has 0 saturated heterocycles. The van der Waals surface area contributed by atoms with E-state index in [1.54, 1.807) is 14.0 Å². The monoisotopic (exact) mass is 207 g/mol. The highest BCUT2D eigenvalue weighted by atomic mass is 16.6. The number of carbonyl (C=O) groups is 1. The number of aromatic nitrogens is 5. The third-order valence-electron chi connectivity index (χ3n) is 1.78. The average Bonchev–Trinajstić information content (AvgIpc) is 2.75. The van der Waals surface area contributed by atoms with Gasteiger partial charge in [0.25, 0.3) is 0 Å². The number of aryl methyl sites for hydroxylation is 2. The van der Waals surface area contributed by atoms with E-state index in [1.165, 1.54) is 28.0 Å². The molecule has 0 aromatic carbocycles. The van der Waals surface area contributed by atoms with Gasteiger partial charge in [-0.25, -0.2) is 14.3 Å². The molecular weight excluding hydrogens is 198 g/mol. The standard InChI is InChI=1S/C8H9N5O2/c1-6-9-3-4-13(6)8(14)15-7-10-5-12(2)11-7/h3-5H,1-2H3. The number of nitrogens with zero attached hydrogens (tertiary/aromatic N) is 5. The van der Waals surface area contributed by atoms with Crippen LogP contribution < -0.4 is 4.74 Å². The Balaban J connectivity index is 2.14.